The second-order valence-electron chi connectivity index (χ2n) is 5.72. The Hall–Kier alpha value is -2.21. The molecule has 2 heterocycles. The minimum absolute atomic E-state index is 0.0556. The van der Waals surface area contributed by atoms with Crippen LogP contribution >= 0.6 is 0 Å². The Labute approximate surface area is 127 Å². The van der Waals surface area contributed by atoms with E-state index in [1.807, 2.05) is 13.8 Å². The molecule has 2 aromatic rings. The molecular weight excluding hydrogens is 287 g/mol. The van der Waals surface area contributed by atoms with Crippen LogP contribution in [0.4, 0.5) is 4.39 Å². The third-order valence-electron chi connectivity index (χ3n) is 4.16. The highest BCUT2D eigenvalue weighted by Crippen LogP contribution is 2.26. The van der Waals surface area contributed by atoms with Crippen LogP contribution in [0.1, 0.15) is 30.8 Å². The minimum atomic E-state index is -0.411. The lowest BCUT2D eigenvalue weighted by Gasteiger charge is -2.28. The normalized spacial score (nSPS) is 24.4. The van der Waals surface area contributed by atoms with Crippen LogP contribution in [0.2, 0.25) is 0 Å². The fraction of sp³-hybridized carbons (Fsp3) is 0.375. The van der Waals surface area contributed by atoms with E-state index >= 15 is 0 Å². The van der Waals surface area contributed by atoms with Crippen molar-refractivity contribution in [3.8, 4) is 11.3 Å². The smallest absolute Gasteiger partial charge is 0.273 e. The Kier molecular flexibility index (Phi) is 3.70. The molecule has 0 bridgehead atoms. The predicted molar refractivity (Wildman–Crippen MR) is 77.8 cm³/mol. The Morgan fingerprint density at radius 2 is 2.14 bits per heavy atom. The standard InChI is InChI=1S/C16H17FN2O3/c1-10-16(2,7-8-21-10)18-15(20)13-9-14(22-19-13)11-3-5-12(17)6-4-11/h3-6,9-10H,7-8H2,1-2H3,(H,18,20). The van der Waals surface area contributed by atoms with Gasteiger partial charge in [0.2, 0.25) is 0 Å². The van der Waals surface area contributed by atoms with E-state index in [-0.39, 0.29) is 23.5 Å². The van der Waals surface area contributed by atoms with Crippen molar-refractivity contribution in [2.45, 2.75) is 31.9 Å². The molecule has 1 aliphatic rings. The Morgan fingerprint density at radius 1 is 1.41 bits per heavy atom. The van der Waals surface area contributed by atoms with Crippen LogP contribution in [0.5, 0.6) is 0 Å². The highest BCUT2D eigenvalue weighted by atomic mass is 19.1. The van der Waals surface area contributed by atoms with Crippen molar-refractivity contribution in [2.75, 3.05) is 6.61 Å². The summed E-state index contributed by atoms with van der Waals surface area (Å²) >= 11 is 0. The maximum absolute atomic E-state index is 12.9. The van der Waals surface area contributed by atoms with E-state index in [0.29, 0.717) is 17.9 Å². The molecule has 1 aliphatic heterocycles. The van der Waals surface area contributed by atoms with E-state index in [0.717, 1.165) is 6.42 Å². The second-order valence-corrected chi connectivity index (χ2v) is 5.72. The summed E-state index contributed by atoms with van der Waals surface area (Å²) in [6, 6.07) is 7.36. The highest BCUT2D eigenvalue weighted by molar-refractivity contribution is 5.93. The summed E-state index contributed by atoms with van der Waals surface area (Å²) in [5.41, 5.74) is 0.447. The molecule has 1 aromatic heterocycles. The summed E-state index contributed by atoms with van der Waals surface area (Å²) in [5.74, 6) is -0.215. The van der Waals surface area contributed by atoms with Gasteiger partial charge in [-0.3, -0.25) is 4.79 Å². The largest absolute Gasteiger partial charge is 0.376 e. The van der Waals surface area contributed by atoms with Crippen LogP contribution in [0, 0.1) is 5.82 Å². The van der Waals surface area contributed by atoms with Crippen LogP contribution in [0.25, 0.3) is 11.3 Å². The van der Waals surface area contributed by atoms with Crippen LogP contribution in [-0.2, 0) is 4.74 Å². The van der Waals surface area contributed by atoms with Crippen LogP contribution in [0.15, 0.2) is 34.9 Å². The van der Waals surface area contributed by atoms with Crippen LogP contribution < -0.4 is 5.32 Å². The van der Waals surface area contributed by atoms with Gasteiger partial charge in [0, 0.05) is 18.2 Å². The van der Waals surface area contributed by atoms with Gasteiger partial charge in [0.05, 0.1) is 11.6 Å². The zero-order chi connectivity index (χ0) is 15.7. The number of halogens is 1. The molecule has 22 heavy (non-hydrogen) atoms. The number of aromatic nitrogens is 1. The number of ether oxygens (including phenoxy) is 1. The van der Waals surface area contributed by atoms with Crippen molar-refractivity contribution in [3.05, 3.63) is 41.8 Å². The van der Waals surface area contributed by atoms with Crippen molar-refractivity contribution < 1.29 is 18.4 Å². The molecule has 1 fully saturated rings. The van der Waals surface area contributed by atoms with Crippen molar-refractivity contribution in [3.63, 3.8) is 0 Å². The van der Waals surface area contributed by atoms with Gasteiger partial charge in [0.25, 0.3) is 5.91 Å². The first kappa shape index (κ1) is 14.7. The van der Waals surface area contributed by atoms with E-state index in [1.165, 1.54) is 12.1 Å². The highest BCUT2D eigenvalue weighted by Gasteiger charge is 2.38. The number of nitrogens with one attached hydrogen (secondary N) is 1. The third kappa shape index (κ3) is 2.74. The Morgan fingerprint density at radius 3 is 2.77 bits per heavy atom. The van der Waals surface area contributed by atoms with E-state index in [1.54, 1.807) is 18.2 Å². The first-order valence-corrected chi connectivity index (χ1v) is 7.15. The Balaban J connectivity index is 1.76. The third-order valence-corrected chi connectivity index (χ3v) is 4.16. The summed E-state index contributed by atoms with van der Waals surface area (Å²) in [5, 5.41) is 6.74. The number of carbonyl (C=O) groups excluding carboxylic acids is 1. The molecule has 116 valence electrons. The second kappa shape index (κ2) is 5.53. The van der Waals surface area contributed by atoms with Crippen molar-refractivity contribution in [1.82, 2.24) is 10.5 Å². The van der Waals surface area contributed by atoms with Crippen molar-refractivity contribution in [1.29, 1.82) is 0 Å². The van der Waals surface area contributed by atoms with Crippen LogP contribution in [-0.4, -0.2) is 29.3 Å². The fourth-order valence-corrected chi connectivity index (χ4v) is 2.45. The number of hydrogen-bond donors (Lipinski definition) is 1. The number of hydrogen-bond acceptors (Lipinski definition) is 4. The van der Waals surface area contributed by atoms with Crippen LogP contribution in [0.3, 0.4) is 0 Å². The summed E-state index contributed by atoms with van der Waals surface area (Å²) in [6.45, 7) is 4.50. The first-order valence-electron chi connectivity index (χ1n) is 7.15. The average Bonchev–Trinajstić information content (AvgIpc) is 3.08. The summed E-state index contributed by atoms with van der Waals surface area (Å²) in [6.07, 6.45) is 0.697. The monoisotopic (exact) mass is 304 g/mol. The number of rotatable bonds is 3. The fourth-order valence-electron chi connectivity index (χ4n) is 2.45. The molecule has 1 amide bonds. The zero-order valence-corrected chi connectivity index (χ0v) is 12.4. The summed E-state index contributed by atoms with van der Waals surface area (Å²) in [7, 11) is 0. The van der Waals surface area contributed by atoms with Crippen molar-refractivity contribution >= 4 is 5.91 Å². The zero-order valence-electron chi connectivity index (χ0n) is 12.4. The van der Waals surface area contributed by atoms with E-state index in [4.69, 9.17) is 9.26 Å². The lowest BCUT2D eigenvalue weighted by molar-refractivity contribution is 0.0721. The Bertz CT molecular complexity index is 683. The van der Waals surface area contributed by atoms with Gasteiger partial charge in [0.1, 0.15) is 5.82 Å². The number of carbonyl (C=O) groups is 1. The molecule has 3 rings (SSSR count). The SMILES string of the molecule is CC1OCCC1(C)NC(=O)c1cc(-c2ccc(F)cc2)on1. The maximum Gasteiger partial charge on any atom is 0.273 e. The lowest BCUT2D eigenvalue weighted by Crippen LogP contribution is -2.50. The van der Waals surface area contributed by atoms with Gasteiger partial charge in [-0.2, -0.15) is 0 Å². The minimum Gasteiger partial charge on any atom is -0.376 e. The predicted octanol–water partition coefficient (Wildman–Crippen LogP) is 2.78. The molecule has 2 unspecified atom stereocenters. The number of benzene rings is 1. The van der Waals surface area contributed by atoms with E-state index in [2.05, 4.69) is 10.5 Å². The molecule has 1 aromatic carbocycles. The molecule has 5 nitrogen and oxygen atoms in total. The van der Waals surface area contributed by atoms with Crippen molar-refractivity contribution in [2.24, 2.45) is 0 Å². The molecule has 0 radical (unpaired) electrons. The van der Waals surface area contributed by atoms with Gasteiger partial charge in [0.15, 0.2) is 11.5 Å². The van der Waals surface area contributed by atoms with Gasteiger partial charge in [-0.1, -0.05) is 5.16 Å². The van der Waals surface area contributed by atoms with Gasteiger partial charge in [-0.25, -0.2) is 4.39 Å². The molecule has 2 atom stereocenters. The molecule has 0 saturated carbocycles. The number of amides is 1. The van der Waals surface area contributed by atoms with Gasteiger partial charge >= 0.3 is 0 Å². The van der Waals surface area contributed by atoms with Gasteiger partial charge in [-0.05, 0) is 44.5 Å². The summed E-state index contributed by atoms with van der Waals surface area (Å²) < 4.78 is 23.6. The lowest BCUT2D eigenvalue weighted by atomic mass is 9.94. The molecule has 1 N–H and O–H groups in total. The molecule has 0 spiro atoms. The quantitative estimate of drug-likeness (QED) is 0.947. The average molecular weight is 304 g/mol. The van der Waals surface area contributed by atoms with Gasteiger partial charge in [-0.15, -0.1) is 0 Å². The topological polar surface area (TPSA) is 64.4 Å². The maximum atomic E-state index is 12.9. The number of nitrogens with zero attached hydrogens (tertiary/aromatic N) is 1. The van der Waals surface area contributed by atoms with E-state index in [9.17, 15) is 9.18 Å². The van der Waals surface area contributed by atoms with Gasteiger partial charge < -0.3 is 14.6 Å². The molecule has 1 saturated heterocycles. The molecular formula is C16H17FN2O3. The molecule has 6 heteroatoms. The van der Waals surface area contributed by atoms with E-state index < -0.39 is 5.54 Å². The first-order chi connectivity index (χ1) is 10.5. The summed E-state index contributed by atoms with van der Waals surface area (Å²) in [4.78, 5) is 12.3. The molecule has 0 aliphatic carbocycles.